The maximum Gasteiger partial charge on any atom is 0.326 e. The quantitative estimate of drug-likeness (QED) is 0.418. The molecule has 0 bridgehead atoms. The van der Waals surface area contributed by atoms with Crippen LogP contribution in [0.3, 0.4) is 0 Å². The summed E-state index contributed by atoms with van der Waals surface area (Å²) in [4.78, 5) is 33.1. The van der Waals surface area contributed by atoms with Crippen LogP contribution in [0.2, 0.25) is 0 Å². The van der Waals surface area contributed by atoms with Crippen molar-refractivity contribution in [1.29, 1.82) is 0 Å². The van der Waals surface area contributed by atoms with Crippen LogP contribution >= 0.6 is 0 Å². The van der Waals surface area contributed by atoms with Gasteiger partial charge in [-0.1, -0.05) is 0 Å². The fraction of sp³-hybridized carbons (Fsp3) is 0.667. The number of hydrogen-bond acceptors (Lipinski definition) is 5. The predicted octanol–water partition coefficient (Wildman–Crippen LogP) is -2.60. The topological polar surface area (TPSA) is 145 Å². The van der Waals surface area contributed by atoms with Crippen molar-refractivity contribution >= 4 is 17.8 Å². The van der Waals surface area contributed by atoms with Crippen molar-refractivity contribution in [2.75, 3.05) is 13.2 Å². The van der Waals surface area contributed by atoms with Gasteiger partial charge in [0, 0.05) is 6.04 Å². The Morgan fingerprint density at radius 1 is 1.41 bits per heavy atom. The van der Waals surface area contributed by atoms with Crippen LogP contribution < -0.4 is 16.8 Å². The number of carboxylic acid groups (broad SMARTS) is 1. The molecule has 3 atom stereocenters. The lowest BCUT2D eigenvalue weighted by Crippen LogP contribution is -2.49. The zero-order valence-corrected chi connectivity index (χ0v) is 9.09. The van der Waals surface area contributed by atoms with Crippen molar-refractivity contribution in [2.24, 2.45) is 17.4 Å². The standard InChI is InChI=1S/C9H15N3O5/c10-5-3-17-2-4(5)8(14)12-6(9(15)16)1-7(11)13/h4-6H,1-3,10H2,(H2,11,13)(H,12,14)(H,15,16). The molecular formula is C9H15N3O5. The summed E-state index contributed by atoms with van der Waals surface area (Å²) < 4.78 is 4.99. The van der Waals surface area contributed by atoms with Gasteiger partial charge >= 0.3 is 5.97 Å². The summed E-state index contributed by atoms with van der Waals surface area (Å²) in [6.07, 6.45) is -0.454. The van der Waals surface area contributed by atoms with E-state index in [9.17, 15) is 14.4 Å². The molecule has 0 aromatic rings. The first kappa shape index (κ1) is 13.4. The number of carboxylic acids is 1. The summed E-state index contributed by atoms with van der Waals surface area (Å²) in [5.41, 5.74) is 10.5. The summed E-state index contributed by atoms with van der Waals surface area (Å²) in [6.45, 7) is 0.404. The normalized spacial score (nSPS) is 25.2. The maximum atomic E-state index is 11.7. The SMILES string of the molecule is NC(=O)CC(NC(=O)C1COCC1N)C(=O)O. The Hall–Kier alpha value is -1.67. The molecule has 96 valence electrons. The molecule has 1 saturated heterocycles. The zero-order valence-electron chi connectivity index (χ0n) is 9.09. The van der Waals surface area contributed by atoms with Crippen LogP contribution in [-0.2, 0) is 19.1 Å². The number of aliphatic carboxylic acids is 1. The van der Waals surface area contributed by atoms with Gasteiger partial charge in [0.15, 0.2) is 0 Å². The van der Waals surface area contributed by atoms with E-state index in [1.807, 2.05) is 0 Å². The first-order valence-electron chi connectivity index (χ1n) is 5.06. The molecule has 0 aliphatic carbocycles. The highest BCUT2D eigenvalue weighted by molar-refractivity contribution is 5.89. The van der Waals surface area contributed by atoms with Crippen LogP contribution in [0.1, 0.15) is 6.42 Å². The number of nitrogens with two attached hydrogens (primary N) is 2. The third kappa shape index (κ3) is 3.68. The molecule has 2 amide bonds. The minimum absolute atomic E-state index is 0.149. The molecule has 6 N–H and O–H groups in total. The van der Waals surface area contributed by atoms with Gasteiger partial charge in [-0.2, -0.15) is 0 Å². The molecule has 0 radical (unpaired) electrons. The Bertz CT molecular complexity index is 333. The minimum Gasteiger partial charge on any atom is -0.480 e. The summed E-state index contributed by atoms with van der Waals surface area (Å²) in [5.74, 6) is -3.25. The molecule has 1 rings (SSSR count). The Morgan fingerprint density at radius 3 is 2.47 bits per heavy atom. The molecule has 8 nitrogen and oxygen atoms in total. The Kier molecular flexibility index (Phi) is 4.41. The highest BCUT2D eigenvalue weighted by Crippen LogP contribution is 2.12. The predicted molar refractivity (Wildman–Crippen MR) is 55.7 cm³/mol. The third-order valence-electron chi connectivity index (χ3n) is 2.48. The van der Waals surface area contributed by atoms with Crippen LogP contribution in [0.15, 0.2) is 0 Å². The van der Waals surface area contributed by atoms with Crippen LogP contribution in [0, 0.1) is 5.92 Å². The number of hydrogen-bond donors (Lipinski definition) is 4. The maximum absolute atomic E-state index is 11.7. The van der Waals surface area contributed by atoms with Gasteiger partial charge in [-0.25, -0.2) is 4.79 Å². The van der Waals surface area contributed by atoms with Crippen molar-refractivity contribution in [1.82, 2.24) is 5.32 Å². The van der Waals surface area contributed by atoms with E-state index in [2.05, 4.69) is 5.32 Å². The second kappa shape index (κ2) is 5.60. The van der Waals surface area contributed by atoms with Crippen LogP contribution in [-0.4, -0.2) is 48.2 Å². The van der Waals surface area contributed by atoms with Gasteiger partial charge in [0.2, 0.25) is 11.8 Å². The van der Waals surface area contributed by atoms with Gasteiger partial charge in [0.25, 0.3) is 0 Å². The minimum atomic E-state index is -1.33. The molecule has 3 unspecified atom stereocenters. The summed E-state index contributed by atoms with van der Waals surface area (Å²) in [7, 11) is 0. The number of nitrogens with one attached hydrogen (secondary N) is 1. The number of carbonyl (C=O) groups is 3. The first-order chi connectivity index (χ1) is 7.91. The lowest BCUT2D eigenvalue weighted by molar-refractivity contribution is -0.144. The van der Waals surface area contributed by atoms with Crippen LogP contribution in [0.25, 0.3) is 0 Å². The molecule has 17 heavy (non-hydrogen) atoms. The van der Waals surface area contributed by atoms with Gasteiger partial charge in [0.05, 0.1) is 25.6 Å². The fourth-order valence-corrected chi connectivity index (χ4v) is 1.52. The Balaban J connectivity index is 2.57. The molecule has 0 spiro atoms. The van der Waals surface area contributed by atoms with Gasteiger partial charge in [-0.15, -0.1) is 0 Å². The Labute approximate surface area is 97.3 Å². The highest BCUT2D eigenvalue weighted by atomic mass is 16.5. The molecule has 1 aliphatic heterocycles. The lowest BCUT2D eigenvalue weighted by atomic mass is 10.0. The van der Waals surface area contributed by atoms with Gasteiger partial charge in [-0.05, 0) is 0 Å². The number of carbonyl (C=O) groups excluding carboxylic acids is 2. The molecular weight excluding hydrogens is 230 g/mol. The van der Waals surface area contributed by atoms with Crippen LogP contribution in [0.5, 0.6) is 0 Å². The molecule has 0 aromatic heterocycles. The van der Waals surface area contributed by atoms with Gasteiger partial charge < -0.3 is 26.6 Å². The number of primary amides is 1. The average Bonchev–Trinajstić information content (AvgIpc) is 2.62. The van der Waals surface area contributed by atoms with E-state index in [-0.39, 0.29) is 13.2 Å². The third-order valence-corrected chi connectivity index (χ3v) is 2.48. The van der Waals surface area contributed by atoms with E-state index in [4.69, 9.17) is 21.3 Å². The fourth-order valence-electron chi connectivity index (χ4n) is 1.52. The molecule has 0 aromatic carbocycles. The van der Waals surface area contributed by atoms with E-state index in [1.54, 1.807) is 0 Å². The lowest BCUT2D eigenvalue weighted by Gasteiger charge is -2.17. The van der Waals surface area contributed by atoms with Crippen LogP contribution in [0.4, 0.5) is 0 Å². The molecule has 1 fully saturated rings. The average molecular weight is 245 g/mol. The molecule has 8 heteroatoms. The highest BCUT2D eigenvalue weighted by Gasteiger charge is 2.33. The number of amides is 2. The van der Waals surface area contributed by atoms with E-state index in [0.717, 1.165) is 0 Å². The molecule has 1 heterocycles. The van der Waals surface area contributed by atoms with Gasteiger partial charge in [-0.3, -0.25) is 9.59 Å². The second-order valence-corrected chi connectivity index (χ2v) is 3.88. The molecule has 0 saturated carbocycles. The van der Waals surface area contributed by atoms with Gasteiger partial charge in [0.1, 0.15) is 6.04 Å². The van der Waals surface area contributed by atoms with E-state index in [0.29, 0.717) is 0 Å². The van der Waals surface area contributed by atoms with E-state index < -0.39 is 42.2 Å². The largest absolute Gasteiger partial charge is 0.480 e. The van der Waals surface area contributed by atoms with Crippen molar-refractivity contribution in [3.05, 3.63) is 0 Å². The first-order valence-corrected chi connectivity index (χ1v) is 5.06. The zero-order chi connectivity index (χ0) is 13.0. The second-order valence-electron chi connectivity index (χ2n) is 3.88. The van der Waals surface area contributed by atoms with Crippen molar-refractivity contribution in [3.63, 3.8) is 0 Å². The molecule has 1 aliphatic rings. The van der Waals surface area contributed by atoms with Crippen molar-refractivity contribution in [3.8, 4) is 0 Å². The van der Waals surface area contributed by atoms with E-state index in [1.165, 1.54) is 0 Å². The summed E-state index contributed by atoms with van der Waals surface area (Å²) in [6, 6.07) is -1.79. The summed E-state index contributed by atoms with van der Waals surface area (Å²) in [5, 5.41) is 11.0. The van der Waals surface area contributed by atoms with Crippen molar-refractivity contribution in [2.45, 2.75) is 18.5 Å². The Morgan fingerprint density at radius 2 is 2.06 bits per heavy atom. The number of ether oxygens (including phenoxy) is 1. The van der Waals surface area contributed by atoms with Crippen molar-refractivity contribution < 1.29 is 24.2 Å². The summed E-state index contributed by atoms with van der Waals surface area (Å²) >= 11 is 0. The number of rotatable bonds is 5. The van der Waals surface area contributed by atoms with E-state index >= 15 is 0 Å². The smallest absolute Gasteiger partial charge is 0.326 e. The monoisotopic (exact) mass is 245 g/mol.